The van der Waals surface area contributed by atoms with E-state index in [1.165, 1.54) is 5.56 Å². The number of nitrogens with two attached hydrogens (primary N) is 1. The van der Waals surface area contributed by atoms with Crippen molar-refractivity contribution in [1.29, 1.82) is 0 Å². The van der Waals surface area contributed by atoms with Crippen LogP contribution in [-0.4, -0.2) is 15.0 Å². The third kappa shape index (κ3) is 2.08. The van der Waals surface area contributed by atoms with Gasteiger partial charge in [0.1, 0.15) is 5.69 Å². The van der Waals surface area contributed by atoms with Gasteiger partial charge in [-0.3, -0.25) is 0 Å². The minimum Gasteiger partial charge on any atom is -0.325 e. The summed E-state index contributed by atoms with van der Waals surface area (Å²) in [5.74, 6) is 0.350. The maximum atomic E-state index is 5.70. The second-order valence-corrected chi connectivity index (χ2v) is 4.48. The van der Waals surface area contributed by atoms with E-state index in [9.17, 15) is 0 Å². The summed E-state index contributed by atoms with van der Waals surface area (Å²) in [7, 11) is 0. The molecular weight excluding hydrogens is 212 g/mol. The molecule has 4 heteroatoms. The van der Waals surface area contributed by atoms with Crippen LogP contribution in [-0.2, 0) is 6.54 Å². The lowest BCUT2D eigenvalue weighted by Crippen LogP contribution is -2.08. The van der Waals surface area contributed by atoms with Gasteiger partial charge < -0.3 is 5.73 Å². The fourth-order valence-electron chi connectivity index (χ4n) is 2.02. The highest BCUT2D eigenvalue weighted by atomic mass is 15.4. The predicted octanol–water partition coefficient (Wildman–Crippen LogP) is 2.16. The number of benzene rings is 1. The molecule has 0 spiro atoms. The fraction of sp³-hybridized carbons (Fsp3) is 0.385. The van der Waals surface area contributed by atoms with Gasteiger partial charge in [0.05, 0.1) is 11.4 Å². The molecule has 4 nitrogen and oxygen atoms in total. The zero-order valence-electron chi connectivity index (χ0n) is 10.5. The standard InChI is InChI=1S/C13H18N4/c1-9(2)13-11(8-14)15-16-17(13)12-7-5-4-6-10(12)3/h4-7,9H,8,14H2,1-3H3. The summed E-state index contributed by atoms with van der Waals surface area (Å²) in [4.78, 5) is 0. The molecule has 0 amide bonds. The van der Waals surface area contributed by atoms with Crippen molar-refractivity contribution in [3.63, 3.8) is 0 Å². The van der Waals surface area contributed by atoms with Gasteiger partial charge in [-0.2, -0.15) is 0 Å². The van der Waals surface area contributed by atoms with Crippen LogP contribution in [0, 0.1) is 6.92 Å². The lowest BCUT2D eigenvalue weighted by atomic mass is 10.1. The van der Waals surface area contributed by atoms with Gasteiger partial charge in [-0.25, -0.2) is 4.68 Å². The van der Waals surface area contributed by atoms with Crippen LogP contribution in [0.15, 0.2) is 24.3 Å². The lowest BCUT2D eigenvalue weighted by molar-refractivity contribution is 0.711. The molecule has 0 saturated carbocycles. The highest BCUT2D eigenvalue weighted by Crippen LogP contribution is 2.22. The number of nitrogens with zero attached hydrogens (tertiary/aromatic N) is 3. The Morgan fingerprint density at radius 1 is 1.29 bits per heavy atom. The third-order valence-corrected chi connectivity index (χ3v) is 2.86. The Morgan fingerprint density at radius 2 is 2.00 bits per heavy atom. The van der Waals surface area contributed by atoms with Crippen LogP contribution in [0.25, 0.3) is 5.69 Å². The number of para-hydroxylation sites is 1. The molecule has 0 aliphatic rings. The zero-order chi connectivity index (χ0) is 12.4. The van der Waals surface area contributed by atoms with Crippen molar-refractivity contribution in [2.24, 2.45) is 5.73 Å². The monoisotopic (exact) mass is 230 g/mol. The Hall–Kier alpha value is -1.68. The van der Waals surface area contributed by atoms with E-state index in [-0.39, 0.29) is 0 Å². The van der Waals surface area contributed by atoms with Crippen molar-refractivity contribution >= 4 is 0 Å². The lowest BCUT2D eigenvalue weighted by Gasteiger charge is -2.12. The number of hydrogen-bond donors (Lipinski definition) is 1. The summed E-state index contributed by atoms with van der Waals surface area (Å²) in [6.07, 6.45) is 0. The van der Waals surface area contributed by atoms with Crippen LogP contribution in [0.2, 0.25) is 0 Å². The molecule has 1 aromatic heterocycles. The quantitative estimate of drug-likeness (QED) is 0.879. The smallest absolute Gasteiger partial charge is 0.100 e. The van der Waals surface area contributed by atoms with E-state index in [0.29, 0.717) is 12.5 Å². The molecule has 2 N–H and O–H groups in total. The molecule has 0 saturated heterocycles. The summed E-state index contributed by atoms with van der Waals surface area (Å²) >= 11 is 0. The van der Waals surface area contributed by atoms with E-state index in [4.69, 9.17) is 5.73 Å². The molecular formula is C13H18N4. The summed E-state index contributed by atoms with van der Waals surface area (Å²) in [6.45, 7) is 6.77. The van der Waals surface area contributed by atoms with E-state index in [0.717, 1.165) is 17.1 Å². The normalized spacial score (nSPS) is 11.1. The molecule has 2 aromatic rings. The molecule has 0 aliphatic heterocycles. The summed E-state index contributed by atoms with van der Waals surface area (Å²) < 4.78 is 1.90. The first-order chi connectivity index (χ1) is 8.15. The SMILES string of the molecule is Cc1ccccc1-n1nnc(CN)c1C(C)C. The first kappa shape index (κ1) is 11.8. The minimum atomic E-state index is 0.350. The molecule has 1 heterocycles. The Morgan fingerprint density at radius 3 is 2.59 bits per heavy atom. The van der Waals surface area contributed by atoms with Crippen LogP contribution in [0.3, 0.4) is 0 Å². The van der Waals surface area contributed by atoms with Crippen molar-refractivity contribution in [3.05, 3.63) is 41.2 Å². The number of aryl methyl sites for hydroxylation is 1. The molecule has 0 aliphatic carbocycles. The number of aromatic nitrogens is 3. The minimum absolute atomic E-state index is 0.350. The van der Waals surface area contributed by atoms with Crippen molar-refractivity contribution < 1.29 is 0 Å². The highest BCUT2D eigenvalue weighted by Gasteiger charge is 2.16. The summed E-state index contributed by atoms with van der Waals surface area (Å²) in [5, 5.41) is 8.39. The van der Waals surface area contributed by atoms with Gasteiger partial charge in [-0.05, 0) is 24.5 Å². The van der Waals surface area contributed by atoms with E-state index < -0.39 is 0 Å². The summed E-state index contributed by atoms with van der Waals surface area (Å²) in [5.41, 5.74) is 9.93. The average molecular weight is 230 g/mol. The van der Waals surface area contributed by atoms with Crippen molar-refractivity contribution in [2.75, 3.05) is 0 Å². The van der Waals surface area contributed by atoms with E-state index in [1.54, 1.807) is 0 Å². The maximum Gasteiger partial charge on any atom is 0.100 e. The first-order valence-corrected chi connectivity index (χ1v) is 5.85. The zero-order valence-corrected chi connectivity index (χ0v) is 10.5. The molecule has 2 rings (SSSR count). The molecule has 1 aromatic carbocycles. The topological polar surface area (TPSA) is 56.7 Å². The molecule has 90 valence electrons. The molecule has 0 radical (unpaired) electrons. The van der Waals surface area contributed by atoms with Gasteiger partial charge in [0.25, 0.3) is 0 Å². The Labute approximate surface area is 101 Å². The van der Waals surface area contributed by atoms with Gasteiger partial charge in [0, 0.05) is 6.54 Å². The molecule has 0 bridgehead atoms. The second kappa shape index (κ2) is 4.67. The fourth-order valence-corrected chi connectivity index (χ4v) is 2.02. The predicted molar refractivity (Wildman–Crippen MR) is 68.1 cm³/mol. The van der Waals surface area contributed by atoms with Crippen LogP contribution >= 0.6 is 0 Å². The van der Waals surface area contributed by atoms with Crippen LogP contribution in [0.1, 0.15) is 36.7 Å². The van der Waals surface area contributed by atoms with E-state index in [1.807, 2.05) is 16.8 Å². The summed E-state index contributed by atoms with van der Waals surface area (Å²) in [6, 6.07) is 8.16. The largest absolute Gasteiger partial charge is 0.325 e. The van der Waals surface area contributed by atoms with Crippen LogP contribution < -0.4 is 5.73 Å². The van der Waals surface area contributed by atoms with Gasteiger partial charge in [0.15, 0.2) is 0 Å². The Balaban J connectivity index is 2.60. The number of rotatable bonds is 3. The van der Waals surface area contributed by atoms with E-state index >= 15 is 0 Å². The molecule has 0 fully saturated rings. The maximum absolute atomic E-state index is 5.70. The van der Waals surface area contributed by atoms with Crippen LogP contribution in [0.4, 0.5) is 0 Å². The van der Waals surface area contributed by atoms with Crippen molar-refractivity contribution in [2.45, 2.75) is 33.2 Å². The molecule has 0 atom stereocenters. The van der Waals surface area contributed by atoms with E-state index in [2.05, 4.69) is 43.2 Å². The van der Waals surface area contributed by atoms with Gasteiger partial charge in [-0.1, -0.05) is 37.3 Å². The Bertz CT molecular complexity index is 514. The second-order valence-electron chi connectivity index (χ2n) is 4.48. The van der Waals surface area contributed by atoms with Crippen LogP contribution in [0.5, 0.6) is 0 Å². The highest BCUT2D eigenvalue weighted by molar-refractivity contribution is 5.41. The van der Waals surface area contributed by atoms with Gasteiger partial charge >= 0.3 is 0 Å². The van der Waals surface area contributed by atoms with Crippen molar-refractivity contribution in [1.82, 2.24) is 15.0 Å². The first-order valence-electron chi connectivity index (χ1n) is 5.85. The van der Waals surface area contributed by atoms with Crippen molar-refractivity contribution in [3.8, 4) is 5.69 Å². The number of hydrogen-bond acceptors (Lipinski definition) is 3. The van der Waals surface area contributed by atoms with Gasteiger partial charge in [-0.15, -0.1) is 5.10 Å². The third-order valence-electron chi connectivity index (χ3n) is 2.86. The van der Waals surface area contributed by atoms with Gasteiger partial charge in [0.2, 0.25) is 0 Å². The Kier molecular flexibility index (Phi) is 3.24. The molecule has 17 heavy (non-hydrogen) atoms. The molecule has 0 unspecified atom stereocenters. The average Bonchev–Trinajstić information content (AvgIpc) is 2.73.